The van der Waals surface area contributed by atoms with Gasteiger partial charge in [0.1, 0.15) is 0 Å². The molecule has 0 aliphatic carbocycles. The molecule has 2 amide bonds. The molecule has 0 atom stereocenters. The number of rotatable bonds is 5. The second-order valence-electron chi connectivity index (χ2n) is 7.27. The Hall–Kier alpha value is -1.60. The lowest BCUT2D eigenvalue weighted by Gasteiger charge is -2.31. The number of amides is 2. The first-order valence-electron chi connectivity index (χ1n) is 9.59. The number of carbonyl (C=O) groups is 1. The summed E-state index contributed by atoms with van der Waals surface area (Å²) in [6.45, 7) is 5.98. The Morgan fingerprint density at radius 2 is 1.54 bits per heavy atom. The zero-order chi connectivity index (χ0) is 18.6. The molecule has 0 radical (unpaired) electrons. The molecule has 1 aromatic carbocycles. The predicted octanol–water partition coefficient (Wildman–Crippen LogP) is 2.69. The van der Waals surface area contributed by atoms with E-state index in [2.05, 4.69) is 4.90 Å². The maximum atomic E-state index is 13.2. The molecule has 0 spiro atoms. The van der Waals surface area contributed by atoms with E-state index >= 15 is 0 Å². The van der Waals surface area contributed by atoms with E-state index < -0.39 is 10.0 Å². The van der Waals surface area contributed by atoms with Crippen molar-refractivity contribution in [1.82, 2.24) is 14.1 Å². The maximum Gasteiger partial charge on any atom is 0.333 e. The topological polar surface area (TPSA) is 60.9 Å². The monoisotopic (exact) mass is 379 g/mol. The van der Waals surface area contributed by atoms with Gasteiger partial charge in [-0.05, 0) is 57.8 Å². The Morgan fingerprint density at radius 3 is 2.15 bits per heavy atom. The molecule has 2 aliphatic heterocycles. The second-order valence-corrected chi connectivity index (χ2v) is 9.13. The molecule has 0 unspecified atom stereocenters. The second kappa shape index (κ2) is 8.39. The minimum atomic E-state index is -3.84. The van der Waals surface area contributed by atoms with Crippen molar-refractivity contribution in [3.8, 4) is 0 Å². The van der Waals surface area contributed by atoms with Gasteiger partial charge in [-0.15, -0.1) is 0 Å². The third-order valence-electron chi connectivity index (χ3n) is 5.27. The van der Waals surface area contributed by atoms with E-state index in [1.54, 1.807) is 29.2 Å². The van der Waals surface area contributed by atoms with Crippen molar-refractivity contribution in [3.05, 3.63) is 29.8 Å². The number of urea groups is 1. The molecule has 0 saturated carbocycles. The smallest absolute Gasteiger partial charge is 0.324 e. The Labute approximate surface area is 156 Å². The molecule has 26 heavy (non-hydrogen) atoms. The summed E-state index contributed by atoms with van der Waals surface area (Å²) in [4.78, 5) is 17.1. The van der Waals surface area contributed by atoms with Crippen molar-refractivity contribution in [2.45, 2.75) is 43.9 Å². The van der Waals surface area contributed by atoms with Gasteiger partial charge in [0.2, 0.25) is 0 Å². The van der Waals surface area contributed by atoms with E-state index in [4.69, 9.17) is 0 Å². The molecule has 0 aromatic heterocycles. The van der Waals surface area contributed by atoms with Gasteiger partial charge in [0.25, 0.3) is 10.0 Å². The molecule has 2 saturated heterocycles. The van der Waals surface area contributed by atoms with Crippen LogP contribution in [0.4, 0.5) is 4.79 Å². The molecule has 2 aliphatic rings. The van der Waals surface area contributed by atoms with Gasteiger partial charge in [0, 0.05) is 19.6 Å². The molecule has 0 bridgehead atoms. The maximum absolute atomic E-state index is 13.2. The highest BCUT2D eigenvalue weighted by Crippen LogP contribution is 2.21. The van der Waals surface area contributed by atoms with Crippen LogP contribution in [0.15, 0.2) is 29.2 Å². The van der Waals surface area contributed by atoms with Crippen molar-refractivity contribution in [2.75, 3.05) is 39.3 Å². The van der Waals surface area contributed by atoms with Gasteiger partial charge in [0.15, 0.2) is 0 Å². The van der Waals surface area contributed by atoms with Crippen molar-refractivity contribution < 1.29 is 13.2 Å². The molecule has 0 N–H and O–H groups in total. The summed E-state index contributed by atoms with van der Waals surface area (Å²) in [7, 11) is -3.84. The standard InChI is InChI=1S/C19H29N3O3S/c1-17-7-9-18(10-8-17)26(24,25)22(19(23)21-13-5-6-14-21)16-15-20-11-3-2-4-12-20/h7-10H,2-6,11-16H2,1H3. The molecule has 144 valence electrons. The van der Waals surface area contributed by atoms with Crippen LogP contribution in [0, 0.1) is 6.92 Å². The number of aryl methyl sites for hydroxylation is 1. The fraction of sp³-hybridized carbons (Fsp3) is 0.632. The van der Waals surface area contributed by atoms with Crippen LogP contribution in [0.3, 0.4) is 0 Å². The Balaban J connectivity index is 1.80. The van der Waals surface area contributed by atoms with Crippen LogP contribution in [-0.4, -0.2) is 67.8 Å². The number of nitrogens with zero attached hydrogens (tertiary/aromatic N) is 3. The first-order valence-corrected chi connectivity index (χ1v) is 11.0. The van der Waals surface area contributed by atoms with E-state index in [9.17, 15) is 13.2 Å². The van der Waals surface area contributed by atoms with Crippen LogP contribution < -0.4 is 0 Å². The van der Waals surface area contributed by atoms with E-state index in [0.717, 1.165) is 48.6 Å². The van der Waals surface area contributed by atoms with Gasteiger partial charge in [0.05, 0.1) is 11.4 Å². The molecule has 2 heterocycles. The van der Waals surface area contributed by atoms with Gasteiger partial charge < -0.3 is 9.80 Å². The zero-order valence-electron chi connectivity index (χ0n) is 15.6. The van der Waals surface area contributed by atoms with Crippen molar-refractivity contribution >= 4 is 16.1 Å². The third-order valence-corrected chi connectivity index (χ3v) is 7.05. The average Bonchev–Trinajstić information content (AvgIpc) is 3.17. The lowest BCUT2D eigenvalue weighted by molar-refractivity contribution is 0.175. The minimum absolute atomic E-state index is 0.189. The van der Waals surface area contributed by atoms with Gasteiger partial charge in [-0.3, -0.25) is 0 Å². The molecule has 1 aromatic rings. The lowest BCUT2D eigenvalue weighted by atomic mass is 10.1. The zero-order valence-corrected chi connectivity index (χ0v) is 16.4. The number of likely N-dealkylation sites (tertiary alicyclic amines) is 2. The number of hydrogen-bond donors (Lipinski definition) is 0. The first kappa shape index (κ1) is 19.2. The van der Waals surface area contributed by atoms with E-state index in [0.29, 0.717) is 19.6 Å². The average molecular weight is 380 g/mol. The highest BCUT2D eigenvalue weighted by atomic mass is 32.2. The summed E-state index contributed by atoms with van der Waals surface area (Å²) >= 11 is 0. The molecule has 7 heteroatoms. The Morgan fingerprint density at radius 1 is 0.962 bits per heavy atom. The first-order chi connectivity index (χ1) is 12.5. The van der Waals surface area contributed by atoms with Gasteiger partial charge in [-0.2, -0.15) is 0 Å². The van der Waals surface area contributed by atoms with E-state index in [-0.39, 0.29) is 17.5 Å². The fourth-order valence-corrected chi connectivity index (χ4v) is 5.02. The molecule has 3 rings (SSSR count). The normalized spacial score (nSPS) is 18.9. The number of piperidine rings is 1. The van der Waals surface area contributed by atoms with E-state index in [1.807, 2.05) is 6.92 Å². The van der Waals surface area contributed by atoms with Gasteiger partial charge in [-0.1, -0.05) is 24.1 Å². The van der Waals surface area contributed by atoms with Crippen molar-refractivity contribution in [2.24, 2.45) is 0 Å². The Bertz CT molecular complexity index is 706. The number of sulfonamides is 1. The van der Waals surface area contributed by atoms with Crippen molar-refractivity contribution in [3.63, 3.8) is 0 Å². The van der Waals surface area contributed by atoms with Crippen LogP contribution in [0.2, 0.25) is 0 Å². The molecule has 6 nitrogen and oxygen atoms in total. The van der Waals surface area contributed by atoms with Gasteiger partial charge >= 0.3 is 6.03 Å². The molecule has 2 fully saturated rings. The van der Waals surface area contributed by atoms with Crippen molar-refractivity contribution in [1.29, 1.82) is 0 Å². The van der Waals surface area contributed by atoms with Crippen LogP contribution in [0.1, 0.15) is 37.7 Å². The minimum Gasteiger partial charge on any atom is -0.324 e. The highest BCUT2D eigenvalue weighted by Gasteiger charge is 2.33. The third kappa shape index (κ3) is 4.38. The predicted molar refractivity (Wildman–Crippen MR) is 102 cm³/mol. The quantitative estimate of drug-likeness (QED) is 0.789. The van der Waals surface area contributed by atoms with Crippen LogP contribution in [0.25, 0.3) is 0 Å². The fourth-order valence-electron chi connectivity index (χ4n) is 3.64. The summed E-state index contributed by atoms with van der Waals surface area (Å²) in [5.74, 6) is 0. The van der Waals surface area contributed by atoms with Gasteiger partial charge in [-0.25, -0.2) is 17.5 Å². The summed E-state index contributed by atoms with van der Waals surface area (Å²) in [5, 5.41) is 0. The lowest BCUT2D eigenvalue weighted by Crippen LogP contribution is -2.48. The largest absolute Gasteiger partial charge is 0.333 e. The highest BCUT2D eigenvalue weighted by molar-refractivity contribution is 7.89. The summed E-state index contributed by atoms with van der Waals surface area (Å²) < 4.78 is 27.4. The van der Waals surface area contributed by atoms with Crippen LogP contribution in [0.5, 0.6) is 0 Å². The Kier molecular flexibility index (Phi) is 6.19. The van der Waals surface area contributed by atoms with Crippen LogP contribution in [-0.2, 0) is 10.0 Å². The summed E-state index contributed by atoms with van der Waals surface area (Å²) in [6.07, 6.45) is 5.40. The SMILES string of the molecule is Cc1ccc(S(=O)(=O)N(CCN2CCCCC2)C(=O)N2CCCC2)cc1. The summed E-state index contributed by atoms with van der Waals surface area (Å²) in [5.41, 5.74) is 0.995. The molecular weight excluding hydrogens is 350 g/mol. The number of benzene rings is 1. The molecular formula is C19H29N3O3S. The van der Waals surface area contributed by atoms with E-state index in [1.165, 1.54) is 6.42 Å². The van der Waals surface area contributed by atoms with Crippen LogP contribution >= 0.6 is 0 Å². The number of carbonyl (C=O) groups excluding carboxylic acids is 1. The number of hydrogen-bond acceptors (Lipinski definition) is 4. The summed E-state index contributed by atoms with van der Waals surface area (Å²) in [6, 6.07) is 6.36.